The molecule has 0 aliphatic carbocycles. The second-order valence-corrected chi connectivity index (χ2v) is 7.61. The van der Waals surface area contributed by atoms with E-state index in [0.717, 1.165) is 11.3 Å². The molecule has 1 aliphatic heterocycles. The normalized spacial score (nSPS) is 13.3. The first-order chi connectivity index (χ1) is 15.4. The zero-order chi connectivity index (χ0) is 22.7. The van der Waals surface area contributed by atoms with E-state index in [-0.39, 0.29) is 30.0 Å². The third-order valence-corrected chi connectivity index (χ3v) is 5.21. The summed E-state index contributed by atoms with van der Waals surface area (Å²) in [5, 5.41) is 14.1. The molecule has 32 heavy (non-hydrogen) atoms. The predicted octanol–water partition coefficient (Wildman–Crippen LogP) is 1.90. The molecule has 3 amide bonds. The van der Waals surface area contributed by atoms with Crippen LogP contribution in [0.15, 0.2) is 54.6 Å². The van der Waals surface area contributed by atoms with Crippen LogP contribution in [-0.2, 0) is 4.79 Å². The number of nitrogens with one attached hydrogen (secondary N) is 1. The minimum absolute atomic E-state index is 0.192. The number of carbonyl (C=O) groups excluding carboxylic acids is 3. The van der Waals surface area contributed by atoms with Crippen molar-refractivity contribution in [3.8, 4) is 5.69 Å². The van der Waals surface area contributed by atoms with Crippen LogP contribution in [0.3, 0.4) is 0 Å². The van der Waals surface area contributed by atoms with Gasteiger partial charge in [-0.1, -0.05) is 35.9 Å². The van der Waals surface area contributed by atoms with Gasteiger partial charge in [0.1, 0.15) is 0 Å². The molecule has 0 spiro atoms. The molecule has 4 rings (SSSR count). The molecule has 0 bridgehead atoms. The van der Waals surface area contributed by atoms with Crippen LogP contribution in [0.25, 0.3) is 5.69 Å². The average molecular weight is 432 g/mol. The van der Waals surface area contributed by atoms with Gasteiger partial charge in [0.2, 0.25) is 0 Å². The maximum absolute atomic E-state index is 13.2. The van der Waals surface area contributed by atoms with Crippen LogP contribution in [0.5, 0.6) is 0 Å². The SMILES string of the molecule is Cc1cccc(C(=O)NCC(=O)N2CCCN2C(=O)c2nn(-c3ccccc3)nc2C)c1. The highest BCUT2D eigenvalue weighted by atomic mass is 16.2. The van der Waals surface area contributed by atoms with Gasteiger partial charge >= 0.3 is 0 Å². The third-order valence-electron chi connectivity index (χ3n) is 5.21. The molecule has 9 heteroatoms. The van der Waals surface area contributed by atoms with Crippen LogP contribution in [0.2, 0.25) is 0 Å². The zero-order valence-electron chi connectivity index (χ0n) is 18.0. The second-order valence-electron chi connectivity index (χ2n) is 7.61. The van der Waals surface area contributed by atoms with Crippen LogP contribution < -0.4 is 5.32 Å². The predicted molar refractivity (Wildman–Crippen MR) is 117 cm³/mol. The summed E-state index contributed by atoms with van der Waals surface area (Å²) < 4.78 is 0. The molecule has 1 fully saturated rings. The molecule has 2 aromatic carbocycles. The number of nitrogens with zero attached hydrogens (tertiary/aromatic N) is 5. The Morgan fingerprint density at radius 2 is 1.69 bits per heavy atom. The van der Waals surface area contributed by atoms with Crippen LogP contribution in [0.1, 0.15) is 38.5 Å². The fourth-order valence-corrected chi connectivity index (χ4v) is 3.59. The van der Waals surface area contributed by atoms with Crippen LogP contribution >= 0.6 is 0 Å². The van der Waals surface area contributed by atoms with Crippen molar-refractivity contribution in [2.75, 3.05) is 19.6 Å². The van der Waals surface area contributed by atoms with Crippen LogP contribution in [0, 0.1) is 13.8 Å². The number of aryl methyl sites for hydroxylation is 2. The van der Waals surface area contributed by atoms with Gasteiger partial charge in [0, 0.05) is 18.7 Å². The maximum Gasteiger partial charge on any atom is 0.294 e. The quantitative estimate of drug-likeness (QED) is 0.664. The van der Waals surface area contributed by atoms with Crippen LogP contribution in [-0.4, -0.2) is 62.4 Å². The molecule has 1 saturated heterocycles. The summed E-state index contributed by atoms with van der Waals surface area (Å²) in [6, 6.07) is 16.4. The van der Waals surface area contributed by atoms with Crippen molar-refractivity contribution in [1.29, 1.82) is 0 Å². The van der Waals surface area contributed by atoms with Gasteiger partial charge in [-0.2, -0.15) is 9.90 Å². The van der Waals surface area contributed by atoms with Gasteiger partial charge in [0.15, 0.2) is 5.69 Å². The number of amides is 3. The molecule has 9 nitrogen and oxygen atoms in total. The highest BCUT2D eigenvalue weighted by Gasteiger charge is 2.33. The topological polar surface area (TPSA) is 100 Å². The summed E-state index contributed by atoms with van der Waals surface area (Å²) in [5.41, 5.74) is 2.85. The van der Waals surface area contributed by atoms with Crippen LogP contribution in [0.4, 0.5) is 0 Å². The van der Waals surface area contributed by atoms with E-state index in [4.69, 9.17) is 0 Å². The molecular formula is C23H24N6O3. The molecule has 1 N–H and O–H groups in total. The van der Waals surface area contributed by atoms with E-state index >= 15 is 0 Å². The lowest BCUT2D eigenvalue weighted by Crippen LogP contribution is -2.48. The molecule has 1 aliphatic rings. The Labute approximate surface area is 185 Å². The number of rotatable bonds is 5. The minimum Gasteiger partial charge on any atom is -0.343 e. The Balaban J connectivity index is 1.44. The number of benzene rings is 2. The van der Waals surface area contributed by atoms with E-state index < -0.39 is 0 Å². The van der Waals surface area contributed by atoms with Crippen molar-refractivity contribution in [1.82, 2.24) is 30.3 Å². The Morgan fingerprint density at radius 3 is 2.44 bits per heavy atom. The molecule has 2 heterocycles. The monoisotopic (exact) mass is 432 g/mol. The van der Waals surface area contributed by atoms with Gasteiger partial charge in [0.05, 0.1) is 17.9 Å². The maximum atomic E-state index is 13.2. The fraction of sp³-hybridized carbons (Fsp3) is 0.261. The van der Waals surface area contributed by atoms with E-state index in [1.165, 1.54) is 14.8 Å². The number of hydrogen-bond acceptors (Lipinski definition) is 5. The van der Waals surface area contributed by atoms with Crippen molar-refractivity contribution in [3.05, 3.63) is 77.1 Å². The first kappa shape index (κ1) is 21.2. The number of hydrazine groups is 1. The summed E-state index contributed by atoms with van der Waals surface area (Å²) in [6.45, 7) is 4.20. The summed E-state index contributed by atoms with van der Waals surface area (Å²) >= 11 is 0. The Hall–Kier alpha value is -4.01. The standard InChI is InChI=1S/C23H24N6O3/c1-16-8-6-9-18(14-16)22(31)24-15-20(30)27-12-7-13-28(27)23(32)21-17(2)25-29(26-21)19-10-4-3-5-11-19/h3-6,8-11,14H,7,12-13,15H2,1-2H3,(H,24,31). The molecule has 0 unspecified atom stereocenters. The third kappa shape index (κ3) is 4.36. The summed E-state index contributed by atoms with van der Waals surface area (Å²) in [4.78, 5) is 39.7. The average Bonchev–Trinajstić information content (AvgIpc) is 3.44. The molecule has 0 saturated carbocycles. The lowest BCUT2D eigenvalue weighted by Gasteiger charge is -2.27. The molecule has 0 radical (unpaired) electrons. The number of para-hydroxylation sites is 1. The lowest BCUT2D eigenvalue weighted by atomic mass is 10.1. The fourth-order valence-electron chi connectivity index (χ4n) is 3.59. The van der Waals surface area contributed by atoms with Gasteiger partial charge in [0.25, 0.3) is 17.7 Å². The van der Waals surface area contributed by atoms with E-state index in [0.29, 0.717) is 30.8 Å². The van der Waals surface area contributed by atoms with Gasteiger partial charge in [-0.15, -0.1) is 5.10 Å². The van der Waals surface area contributed by atoms with Gasteiger partial charge < -0.3 is 5.32 Å². The molecule has 1 aromatic heterocycles. The Kier molecular flexibility index (Phi) is 5.98. The van der Waals surface area contributed by atoms with Gasteiger partial charge in [-0.25, -0.2) is 10.0 Å². The number of carbonyl (C=O) groups is 3. The van der Waals surface area contributed by atoms with Crippen molar-refractivity contribution < 1.29 is 14.4 Å². The number of hydrogen-bond donors (Lipinski definition) is 1. The number of aromatic nitrogens is 3. The molecule has 3 aromatic rings. The van der Waals surface area contributed by atoms with Crippen molar-refractivity contribution >= 4 is 17.7 Å². The Bertz CT molecular complexity index is 1160. The Morgan fingerprint density at radius 1 is 0.938 bits per heavy atom. The second kappa shape index (κ2) is 9.01. The van der Waals surface area contributed by atoms with Gasteiger partial charge in [-0.3, -0.25) is 14.4 Å². The lowest BCUT2D eigenvalue weighted by molar-refractivity contribution is -0.139. The van der Waals surface area contributed by atoms with Crippen molar-refractivity contribution in [3.63, 3.8) is 0 Å². The van der Waals surface area contributed by atoms with E-state index in [1.807, 2.05) is 43.3 Å². The smallest absolute Gasteiger partial charge is 0.294 e. The first-order valence-electron chi connectivity index (χ1n) is 10.4. The van der Waals surface area contributed by atoms with E-state index in [1.54, 1.807) is 25.1 Å². The summed E-state index contributed by atoms with van der Waals surface area (Å²) in [6.07, 6.45) is 0.648. The van der Waals surface area contributed by atoms with Gasteiger partial charge in [-0.05, 0) is 44.5 Å². The highest BCUT2D eigenvalue weighted by Crippen LogP contribution is 2.17. The minimum atomic E-state index is -0.388. The summed E-state index contributed by atoms with van der Waals surface area (Å²) in [5.74, 6) is -1.08. The van der Waals surface area contributed by atoms with Crippen molar-refractivity contribution in [2.45, 2.75) is 20.3 Å². The van der Waals surface area contributed by atoms with E-state index in [9.17, 15) is 14.4 Å². The first-order valence-corrected chi connectivity index (χ1v) is 10.4. The van der Waals surface area contributed by atoms with E-state index in [2.05, 4.69) is 15.5 Å². The largest absolute Gasteiger partial charge is 0.343 e. The zero-order valence-corrected chi connectivity index (χ0v) is 18.0. The molecule has 0 atom stereocenters. The summed E-state index contributed by atoms with van der Waals surface area (Å²) in [7, 11) is 0. The van der Waals surface area contributed by atoms with Crippen molar-refractivity contribution in [2.24, 2.45) is 0 Å². The molecular weight excluding hydrogens is 408 g/mol. The highest BCUT2D eigenvalue weighted by molar-refractivity contribution is 5.98. The molecule has 164 valence electrons.